The van der Waals surface area contributed by atoms with E-state index in [4.69, 9.17) is 4.74 Å². The smallest absolute Gasteiger partial charge is 0.135 e. The van der Waals surface area contributed by atoms with Crippen LogP contribution in [0.1, 0.15) is 24.2 Å². The first-order valence-electron chi connectivity index (χ1n) is 5.98. The molecule has 0 bridgehead atoms. The lowest BCUT2D eigenvalue weighted by atomic mass is 10.0. The molecule has 2 nitrogen and oxygen atoms in total. The summed E-state index contributed by atoms with van der Waals surface area (Å²) in [4.78, 5) is 0. The minimum atomic E-state index is -1.34. The van der Waals surface area contributed by atoms with Crippen LogP contribution in [0.5, 0.6) is 5.75 Å². The Hall–Kier alpha value is -1.94. The molecule has 19 heavy (non-hydrogen) atoms. The molecular weight excluding hydrogens is 250 g/mol. The molecule has 0 aliphatic carbocycles. The molecule has 0 heterocycles. The summed E-state index contributed by atoms with van der Waals surface area (Å²) in [6.07, 6.45) is -1.34. The number of benzene rings is 2. The average Bonchev–Trinajstić information content (AvgIpc) is 2.39. The molecule has 0 saturated carbocycles. The van der Waals surface area contributed by atoms with E-state index in [9.17, 15) is 13.9 Å². The summed E-state index contributed by atoms with van der Waals surface area (Å²) in [6.45, 7) is 2.04. The molecule has 0 radical (unpaired) electrons. The Bertz CT molecular complexity index is 532. The van der Waals surface area contributed by atoms with Crippen molar-refractivity contribution < 1.29 is 18.6 Å². The van der Waals surface area contributed by atoms with Gasteiger partial charge in [-0.1, -0.05) is 30.3 Å². The van der Waals surface area contributed by atoms with Gasteiger partial charge in [-0.2, -0.15) is 0 Å². The van der Waals surface area contributed by atoms with Crippen LogP contribution >= 0.6 is 0 Å². The molecule has 0 aliphatic heterocycles. The van der Waals surface area contributed by atoms with Crippen molar-refractivity contribution >= 4 is 0 Å². The summed E-state index contributed by atoms with van der Waals surface area (Å²) in [7, 11) is 0. The molecule has 100 valence electrons. The number of hydrogen-bond donors (Lipinski definition) is 1. The second-order valence-electron chi connectivity index (χ2n) is 4.05. The van der Waals surface area contributed by atoms with E-state index in [2.05, 4.69) is 0 Å². The highest BCUT2D eigenvalue weighted by atomic mass is 19.1. The molecular formula is C15H14F2O2. The third-order valence-corrected chi connectivity index (χ3v) is 2.75. The first-order valence-corrected chi connectivity index (χ1v) is 5.98. The predicted octanol–water partition coefficient (Wildman–Crippen LogP) is 3.45. The van der Waals surface area contributed by atoms with E-state index >= 15 is 0 Å². The van der Waals surface area contributed by atoms with Gasteiger partial charge < -0.3 is 9.84 Å². The maximum Gasteiger partial charge on any atom is 0.135 e. The maximum absolute atomic E-state index is 13.9. The highest BCUT2D eigenvalue weighted by Gasteiger charge is 2.20. The molecule has 1 N–H and O–H groups in total. The zero-order valence-corrected chi connectivity index (χ0v) is 10.4. The molecule has 0 aliphatic rings. The second-order valence-corrected chi connectivity index (χ2v) is 4.05. The fraction of sp³-hybridized carbons (Fsp3) is 0.200. The van der Waals surface area contributed by atoms with Crippen molar-refractivity contribution in [3.63, 3.8) is 0 Å². The zero-order valence-electron chi connectivity index (χ0n) is 10.4. The van der Waals surface area contributed by atoms with Crippen LogP contribution in [0.3, 0.4) is 0 Å². The van der Waals surface area contributed by atoms with Crippen LogP contribution in [0.15, 0.2) is 42.5 Å². The van der Waals surface area contributed by atoms with Gasteiger partial charge in [-0.25, -0.2) is 8.78 Å². The van der Waals surface area contributed by atoms with Crippen molar-refractivity contribution in [1.82, 2.24) is 0 Å². The first kappa shape index (κ1) is 13.5. The van der Waals surface area contributed by atoms with Gasteiger partial charge in [0.2, 0.25) is 0 Å². The lowest BCUT2D eigenvalue weighted by Gasteiger charge is -2.14. The van der Waals surface area contributed by atoms with Crippen molar-refractivity contribution in [3.8, 4) is 5.75 Å². The summed E-state index contributed by atoms with van der Waals surface area (Å²) in [5.74, 6) is -1.53. The highest BCUT2D eigenvalue weighted by molar-refractivity contribution is 5.36. The lowest BCUT2D eigenvalue weighted by molar-refractivity contribution is 0.208. The van der Waals surface area contributed by atoms with Gasteiger partial charge in [0.1, 0.15) is 23.5 Å². The number of halogens is 2. The summed E-state index contributed by atoms with van der Waals surface area (Å²) < 4.78 is 32.8. The lowest BCUT2D eigenvalue weighted by Crippen LogP contribution is -2.06. The number of hydrogen-bond acceptors (Lipinski definition) is 2. The summed E-state index contributed by atoms with van der Waals surface area (Å²) in [5, 5.41) is 10.1. The van der Waals surface area contributed by atoms with E-state index < -0.39 is 17.7 Å². The maximum atomic E-state index is 13.9. The molecule has 0 saturated heterocycles. The number of rotatable bonds is 4. The Morgan fingerprint density at radius 2 is 1.68 bits per heavy atom. The Morgan fingerprint density at radius 3 is 2.21 bits per heavy atom. The summed E-state index contributed by atoms with van der Waals surface area (Å²) >= 11 is 0. The molecule has 2 rings (SSSR count). The molecule has 1 atom stereocenters. The van der Waals surface area contributed by atoms with Gasteiger partial charge in [-0.15, -0.1) is 0 Å². The van der Waals surface area contributed by atoms with Crippen LogP contribution in [-0.4, -0.2) is 11.7 Å². The summed E-state index contributed by atoms with van der Waals surface area (Å²) in [6, 6.07) is 10.5. The van der Waals surface area contributed by atoms with E-state index in [0.29, 0.717) is 12.2 Å². The fourth-order valence-corrected chi connectivity index (χ4v) is 1.87. The van der Waals surface area contributed by atoms with E-state index in [-0.39, 0.29) is 11.3 Å². The standard InChI is InChI=1S/C15H14F2O2/c1-2-19-11-8-12(16)14(13(17)9-11)15(18)10-6-4-3-5-7-10/h3-9,15,18H,2H2,1H3. The number of aliphatic hydroxyl groups is 1. The summed E-state index contributed by atoms with van der Waals surface area (Å²) in [5.41, 5.74) is 0.0686. The van der Waals surface area contributed by atoms with Gasteiger partial charge in [0.05, 0.1) is 12.2 Å². The molecule has 2 aromatic carbocycles. The van der Waals surface area contributed by atoms with E-state index in [1.165, 1.54) is 0 Å². The molecule has 0 amide bonds. The highest BCUT2D eigenvalue weighted by Crippen LogP contribution is 2.29. The van der Waals surface area contributed by atoms with Crippen LogP contribution in [0, 0.1) is 11.6 Å². The average molecular weight is 264 g/mol. The Kier molecular flexibility index (Phi) is 4.12. The van der Waals surface area contributed by atoms with Crippen molar-refractivity contribution in [3.05, 3.63) is 65.2 Å². The second kappa shape index (κ2) is 5.80. The Balaban J connectivity index is 2.40. The van der Waals surface area contributed by atoms with Crippen molar-refractivity contribution in [2.75, 3.05) is 6.61 Å². The topological polar surface area (TPSA) is 29.5 Å². The molecule has 0 fully saturated rings. The quantitative estimate of drug-likeness (QED) is 0.916. The van der Waals surface area contributed by atoms with E-state index in [1.54, 1.807) is 37.3 Å². The Morgan fingerprint density at radius 1 is 1.11 bits per heavy atom. The van der Waals surface area contributed by atoms with Gasteiger partial charge in [0.25, 0.3) is 0 Å². The van der Waals surface area contributed by atoms with Gasteiger partial charge in [-0.05, 0) is 12.5 Å². The van der Waals surface area contributed by atoms with E-state index in [0.717, 1.165) is 12.1 Å². The number of aliphatic hydroxyl groups excluding tert-OH is 1. The SMILES string of the molecule is CCOc1cc(F)c(C(O)c2ccccc2)c(F)c1. The van der Waals surface area contributed by atoms with Crippen LogP contribution in [0.25, 0.3) is 0 Å². The van der Waals surface area contributed by atoms with Crippen LogP contribution in [0.2, 0.25) is 0 Å². The first-order chi connectivity index (χ1) is 9.13. The molecule has 1 unspecified atom stereocenters. The molecule has 2 aromatic rings. The largest absolute Gasteiger partial charge is 0.494 e. The zero-order chi connectivity index (χ0) is 13.8. The molecule has 0 aromatic heterocycles. The van der Waals surface area contributed by atoms with Gasteiger partial charge >= 0.3 is 0 Å². The minimum Gasteiger partial charge on any atom is -0.494 e. The predicted molar refractivity (Wildman–Crippen MR) is 68.0 cm³/mol. The molecule has 4 heteroatoms. The number of ether oxygens (including phenoxy) is 1. The van der Waals surface area contributed by atoms with Crippen LogP contribution in [-0.2, 0) is 0 Å². The third-order valence-electron chi connectivity index (χ3n) is 2.75. The van der Waals surface area contributed by atoms with Crippen molar-refractivity contribution in [1.29, 1.82) is 0 Å². The van der Waals surface area contributed by atoms with Crippen LogP contribution in [0.4, 0.5) is 8.78 Å². The van der Waals surface area contributed by atoms with Gasteiger partial charge in [0.15, 0.2) is 0 Å². The molecule has 0 spiro atoms. The third kappa shape index (κ3) is 2.90. The monoisotopic (exact) mass is 264 g/mol. The van der Waals surface area contributed by atoms with Crippen molar-refractivity contribution in [2.45, 2.75) is 13.0 Å². The Labute approximate surface area is 110 Å². The fourth-order valence-electron chi connectivity index (χ4n) is 1.87. The minimum absolute atomic E-state index is 0.113. The van der Waals surface area contributed by atoms with Gasteiger partial charge in [-0.3, -0.25) is 0 Å². The van der Waals surface area contributed by atoms with Gasteiger partial charge in [0, 0.05) is 12.1 Å². The normalized spacial score (nSPS) is 12.2. The van der Waals surface area contributed by atoms with E-state index in [1.807, 2.05) is 0 Å². The van der Waals surface area contributed by atoms with Crippen LogP contribution < -0.4 is 4.74 Å². The van der Waals surface area contributed by atoms with Crippen molar-refractivity contribution in [2.24, 2.45) is 0 Å².